The van der Waals surface area contributed by atoms with Gasteiger partial charge in [-0.25, -0.2) is 4.98 Å². The second-order valence-electron chi connectivity index (χ2n) is 7.14. The zero-order valence-corrected chi connectivity index (χ0v) is 16.9. The molecule has 0 radical (unpaired) electrons. The van der Waals surface area contributed by atoms with Crippen LogP contribution in [0.15, 0.2) is 66.7 Å². The molecule has 30 heavy (non-hydrogen) atoms. The highest BCUT2D eigenvalue weighted by molar-refractivity contribution is 6.31. The Morgan fingerprint density at radius 2 is 1.57 bits per heavy atom. The van der Waals surface area contributed by atoms with Crippen LogP contribution in [0.3, 0.4) is 0 Å². The first-order chi connectivity index (χ1) is 14.3. The first-order valence-corrected chi connectivity index (χ1v) is 9.80. The summed E-state index contributed by atoms with van der Waals surface area (Å²) in [5, 5.41) is 0.669. The Hall–Kier alpha value is -2.99. The number of nitrogens with zero attached hydrogens (tertiary/aromatic N) is 2. The number of H-pyrrole nitrogens is 1. The minimum absolute atomic E-state index is 0.643. The molecule has 4 aromatic rings. The minimum Gasteiger partial charge on any atom is -0.374 e. The molecule has 0 atom stereocenters. The molecule has 0 bridgehead atoms. The van der Waals surface area contributed by atoms with Crippen molar-refractivity contribution in [2.24, 2.45) is 0 Å². The predicted octanol–water partition coefficient (Wildman–Crippen LogP) is 6.58. The molecule has 0 unspecified atom stereocenters. The summed E-state index contributed by atoms with van der Waals surface area (Å²) in [5.74, 6) is 0.889. The van der Waals surface area contributed by atoms with E-state index in [-0.39, 0.29) is 0 Å². The van der Waals surface area contributed by atoms with E-state index in [1.54, 1.807) is 0 Å². The largest absolute Gasteiger partial charge is 0.416 e. The van der Waals surface area contributed by atoms with E-state index >= 15 is 0 Å². The maximum atomic E-state index is 12.7. The first-order valence-electron chi connectivity index (χ1n) is 9.42. The summed E-state index contributed by atoms with van der Waals surface area (Å²) in [6, 6.07) is 18.5. The first kappa shape index (κ1) is 20.3. The van der Waals surface area contributed by atoms with Crippen LogP contribution >= 0.6 is 11.6 Å². The van der Waals surface area contributed by atoms with E-state index in [0.29, 0.717) is 5.02 Å². The van der Waals surface area contributed by atoms with Gasteiger partial charge in [0.1, 0.15) is 5.82 Å². The monoisotopic (exact) mass is 429 g/mol. The fraction of sp³-hybridized carbons (Fsp3) is 0.174. The lowest BCUT2D eigenvalue weighted by molar-refractivity contribution is -0.137. The van der Waals surface area contributed by atoms with Crippen LogP contribution in [0.5, 0.6) is 0 Å². The molecular weight excluding hydrogens is 411 g/mol. The lowest BCUT2D eigenvalue weighted by atomic mass is 10.0. The van der Waals surface area contributed by atoms with Crippen LogP contribution in [-0.4, -0.2) is 23.6 Å². The zero-order chi connectivity index (χ0) is 21.3. The van der Waals surface area contributed by atoms with Crippen molar-refractivity contribution in [3.63, 3.8) is 0 Å². The second kappa shape index (κ2) is 8.03. The number of imidazole rings is 1. The summed E-state index contributed by atoms with van der Waals surface area (Å²) < 4.78 is 38.2. The fourth-order valence-corrected chi connectivity index (χ4v) is 3.49. The Balaban J connectivity index is 1.41. The number of alkyl halides is 3. The van der Waals surface area contributed by atoms with Crippen molar-refractivity contribution >= 4 is 28.3 Å². The number of aromatic nitrogens is 2. The van der Waals surface area contributed by atoms with Crippen molar-refractivity contribution in [3.8, 4) is 11.1 Å². The smallest absolute Gasteiger partial charge is 0.374 e. The van der Waals surface area contributed by atoms with Crippen molar-refractivity contribution in [3.05, 3.63) is 83.1 Å². The molecule has 0 fully saturated rings. The van der Waals surface area contributed by atoms with Crippen LogP contribution in [0.1, 0.15) is 11.4 Å². The summed E-state index contributed by atoms with van der Waals surface area (Å²) >= 11 is 6.01. The number of halogens is 4. The summed E-state index contributed by atoms with van der Waals surface area (Å²) in [6.45, 7) is 0.757. The number of nitrogens with one attached hydrogen (secondary N) is 1. The van der Waals surface area contributed by atoms with Gasteiger partial charge < -0.3 is 9.88 Å². The van der Waals surface area contributed by atoms with Crippen LogP contribution in [0, 0.1) is 0 Å². The number of anilines is 1. The molecular formula is C23H19ClF3N3. The molecule has 0 saturated heterocycles. The van der Waals surface area contributed by atoms with Crippen molar-refractivity contribution in [1.29, 1.82) is 0 Å². The Labute approximate surface area is 177 Å². The van der Waals surface area contributed by atoms with Gasteiger partial charge >= 0.3 is 6.18 Å². The van der Waals surface area contributed by atoms with Gasteiger partial charge in [-0.2, -0.15) is 13.2 Å². The van der Waals surface area contributed by atoms with Gasteiger partial charge in [-0.15, -0.1) is 0 Å². The Kier molecular flexibility index (Phi) is 5.43. The van der Waals surface area contributed by atoms with Crippen LogP contribution in [-0.2, 0) is 12.6 Å². The molecule has 3 nitrogen and oxygen atoms in total. The topological polar surface area (TPSA) is 31.9 Å². The summed E-state index contributed by atoms with van der Waals surface area (Å²) in [6.07, 6.45) is -3.58. The molecule has 0 aliphatic rings. The third kappa shape index (κ3) is 4.44. The number of rotatable bonds is 5. The number of hydrogen-bond donors (Lipinski definition) is 1. The molecule has 7 heteroatoms. The summed E-state index contributed by atoms with van der Waals surface area (Å²) in [4.78, 5) is 9.97. The van der Waals surface area contributed by atoms with Crippen molar-refractivity contribution < 1.29 is 13.2 Å². The molecule has 0 aliphatic carbocycles. The van der Waals surface area contributed by atoms with Crippen molar-refractivity contribution in [1.82, 2.24) is 9.97 Å². The standard InChI is InChI=1S/C23H19ClF3N3/c1-30(13-12-22-28-20-11-8-18(24)14-21(20)29-22)19-9-4-16(5-10-19)15-2-6-17(7-3-15)23(25,26)27/h2-11,14H,12-13H2,1H3,(H,28,29). The molecule has 3 aromatic carbocycles. The predicted molar refractivity (Wildman–Crippen MR) is 115 cm³/mol. The van der Waals surface area contributed by atoms with E-state index in [1.165, 1.54) is 12.1 Å². The molecule has 4 rings (SSSR count). The van der Waals surface area contributed by atoms with Gasteiger partial charge in [0.25, 0.3) is 0 Å². The molecule has 0 amide bonds. The lowest BCUT2D eigenvalue weighted by Crippen LogP contribution is -2.20. The average Bonchev–Trinajstić information content (AvgIpc) is 3.13. The normalized spacial score (nSPS) is 11.8. The van der Waals surface area contributed by atoms with Crippen molar-refractivity contribution in [2.45, 2.75) is 12.6 Å². The Morgan fingerprint density at radius 1 is 0.933 bits per heavy atom. The van der Waals surface area contributed by atoms with E-state index < -0.39 is 11.7 Å². The number of benzene rings is 3. The number of hydrogen-bond acceptors (Lipinski definition) is 2. The summed E-state index contributed by atoms with van der Waals surface area (Å²) in [7, 11) is 1.99. The molecule has 0 saturated carbocycles. The van der Waals surface area contributed by atoms with Gasteiger partial charge in [-0.1, -0.05) is 35.9 Å². The fourth-order valence-electron chi connectivity index (χ4n) is 3.32. The van der Waals surface area contributed by atoms with Gasteiger partial charge in [0.15, 0.2) is 0 Å². The highest BCUT2D eigenvalue weighted by atomic mass is 35.5. The molecule has 1 heterocycles. The van der Waals surface area contributed by atoms with E-state index in [1.807, 2.05) is 49.5 Å². The van der Waals surface area contributed by atoms with E-state index in [4.69, 9.17) is 11.6 Å². The Bertz CT molecular complexity index is 1150. The van der Waals surface area contributed by atoms with Gasteiger partial charge in [-0.05, 0) is 53.6 Å². The Morgan fingerprint density at radius 3 is 2.20 bits per heavy atom. The van der Waals surface area contributed by atoms with Crippen LogP contribution in [0.2, 0.25) is 5.02 Å². The quantitative estimate of drug-likeness (QED) is 0.388. The van der Waals surface area contributed by atoms with E-state index in [9.17, 15) is 13.2 Å². The van der Waals surface area contributed by atoms with Crippen LogP contribution < -0.4 is 4.90 Å². The molecule has 1 N–H and O–H groups in total. The minimum atomic E-state index is -4.32. The highest BCUT2D eigenvalue weighted by Gasteiger charge is 2.29. The molecule has 1 aromatic heterocycles. The average molecular weight is 430 g/mol. The molecule has 0 aliphatic heterocycles. The van der Waals surface area contributed by atoms with Gasteiger partial charge in [0.2, 0.25) is 0 Å². The van der Waals surface area contributed by atoms with E-state index in [0.717, 1.165) is 58.8 Å². The second-order valence-corrected chi connectivity index (χ2v) is 7.57. The highest BCUT2D eigenvalue weighted by Crippen LogP contribution is 2.31. The SMILES string of the molecule is CN(CCc1nc2ccc(Cl)cc2[nH]1)c1ccc(-c2ccc(C(F)(F)F)cc2)cc1. The zero-order valence-electron chi connectivity index (χ0n) is 16.2. The van der Waals surface area contributed by atoms with Gasteiger partial charge in [-0.3, -0.25) is 0 Å². The number of fused-ring (bicyclic) bond motifs is 1. The summed E-state index contributed by atoms with van der Waals surface area (Å²) in [5.41, 5.74) is 3.80. The van der Waals surface area contributed by atoms with E-state index in [2.05, 4.69) is 14.9 Å². The number of aromatic amines is 1. The van der Waals surface area contributed by atoms with Crippen molar-refractivity contribution in [2.75, 3.05) is 18.5 Å². The molecule has 0 spiro atoms. The van der Waals surface area contributed by atoms with Gasteiger partial charge in [0, 0.05) is 30.7 Å². The van der Waals surface area contributed by atoms with Crippen LogP contribution in [0.4, 0.5) is 18.9 Å². The third-order valence-corrected chi connectivity index (χ3v) is 5.27. The maximum Gasteiger partial charge on any atom is 0.416 e. The van der Waals surface area contributed by atoms with Crippen LogP contribution in [0.25, 0.3) is 22.2 Å². The molecule has 154 valence electrons. The van der Waals surface area contributed by atoms with Gasteiger partial charge in [0.05, 0.1) is 16.6 Å². The number of likely N-dealkylation sites (N-methyl/N-ethyl adjacent to an activating group) is 1. The third-order valence-electron chi connectivity index (χ3n) is 5.03. The lowest BCUT2D eigenvalue weighted by Gasteiger charge is -2.19. The maximum absolute atomic E-state index is 12.7.